The van der Waals surface area contributed by atoms with Crippen molar-refractivity contribution < 1.29 is 12.8 Å². The SMILES string of the molecule is NCc1cc(S(=O)(=O)Nc2cc(F)cc(Cl)c2)cs1. The number of hydrogen-bond acceptors (Lipinski definition) is 4. The van der Waals surface area contributed by atoms with E-state index in [0.717, 1.165) is 17.0 Å². The van der Waals surface area contributed by atoms with Gasteiger partial charge < -0.3 is 5.73 Å². The zero-order valence-corrected chi connectivity index (χ0v) is 11.9. The lowest BCUT2D eigenvalue weighted by Crippen LogP contribution is -2.12. The average Bonchev–Trinajstić information content (AvgIpc) is 2.75. The summed E-state index contributed by atoms with van der Waals surface area (Å²) in [5, 5.41) is 1.59. The van der Waals surface area contributed by atoms with Crippen molar-refractivity contribution in [3.63, 3.8) is 0 Å². The highest BCUT2D eigenvalue weighted by atomic mass is 35.5. The normalized spacial score (nSPS) is 11.5. The van der Waals surface area contributed by atoms with Crippen molar-refractivity contribution in [3.8, 4) is 0 Å². The Hall–Kier alpha value is -1.15. The Balaban J connectivity index is 2.30. The van der Waals surface area contributed by atoms with Gasteiger partial charge in [-0.05, 0) is 24.3 Å². The number of nitrogens with one attached hydrogen (secondary N) is 1. The predicted molar refractivity (Wildman–Crippen MR) is 74.4 cm³/mol. The first-order valence-corrected chi connectivity index (χ1v) is 7.91. The van der Waals surface area contributed by atoms with Crippen molar-refractivity contribution in [2.75, 3.05) is 4.72 Å². The molecule has 1 aromatic carbocycles. The summed E-state index contributed by atoms with van der Waals surface area (Å²) in [6, 6.07) is 4.96. The summed E-state index contributed by atoms with van der Waals surface area (Å²) in [5.74, 6) is -0.613. The van der Waals surface area contributed by atoms with Crippen molar-refractivity contribution in [1.29, 1.82) is 0 Å². The van der Waals surface area contributed by atoms with E-state index in [1.165, 1.54) is 28.8 Å². The van der Waals surface area contributed by atoms with Crippen molar-refractivity contribution in [2.24, 2.45) is 5.73 Å². The fourth-order valence-electron chi connectivity index (χ4n) is 1.44. The third kappa shape index (κ3) is 3.44. The quantitative estimate of drug-likeness (QED) is 0.910. The Morgan fingerprint density at radius 2 is 2.05 bits per heavy atom. The van der Waals surface area contributed by atoms with Crippen molar-refractivity contribution in [3.05, 3.63) is 45.4 Å². The predicted octanol–water partition coefficient (Wildman–Crippen LogP) is 2.80. The maximum atomic E-state index is 13.1. The van der Waals surface area contributed by atoms with E-state index in [2.05, 4.69) is 4.72 Å². The van der Waals surface area contributed by atoms with E-state index in [4.69, 9.17) is 17.3 Å². The van der Waals surface area contributed by atoms with Crippen LogP contribution < -0.4 is 10.5 Å². The first-order chi connectivity index (χ1) is 8.90. The standard InChI is InChI=1S/C11H10ClFN2O2S2/c12-7-1-8(13)3-9(2-7)15-19(16,17)11-4-10(5-14)18-6-11/h1-4,6,15H,5,14H2. The molecule has 19 heavy (non-hydrogen) atoms. The molecule has 0 saturated carbocycles. The Morgan fingerprint density at radius 3 is 2.63 bits per heavy atom. The zero-order chi connectivity index (χ0) is 14.0. The van der Waals surface area contributed by atoms with Crippen LogP contribution in [0.25, 0.3) is 0 Å². The van der Waals surface area contributed by atoms with Crippen LogP contribution >= 0.6 is 22.9 Å². The lowest BCUT2D eigenvalue weighted by molar-refractivity contribution is 0.601. The summed E-state index contributed by atoms with van der Waals surface area (Å²) in [6.45, 7) is 0.270. The maximum absolute atomic E-state index is 13.1. The largest absolute Gasteiger partial charge is 0.326 e. The third-order valence-corrected chi connectivity index (χ3v) is 4.94. The van der Waals surface area contributed by atoms with Crippen LogP contribution in [0.5, 0.6) is 0 Å². The molecule has 0 amide bonds. The van der Waals surface area contributed by atoms with E-state index in [-0.39, 0.29) is 22.2 Å². The van der Waals surface area contributed by atoms with Gasteiger partial charge in [0.1, 0.15) is 5.82 Å². The van der Waals surface area contributed by atoms with Crippen molar-refractivity contribution in [2.45, 2.75) is 11.4 Å². The smallest absolute Gasteiger partial charge is 0.262 e. The second-order valence-corrected chi connectivity index (χ2v) is 6.83. The molecule has 0 aliphatic carbocycles. The minimum absolute atomic E-state index is 0.0745. The third-order valence-electron chi connectivity index (χ3n) is 2.26. The van der Waals surface area contributed by atoms with E-state index in [0.29, 0.717) is 0 Å². The number of hydrogen-bond donors (Lipinski definition) is 2. The van der Waals surface area contributed by atoms with Gasteiger partial charge in [0, 0.05) is 21.8 Å². The fraction of sp³-hybridized carbons (Fsp3) is 0.0909. The van der Waals surface area contributed by atoms with E-state index >= 15 is 0 Å². The highest BCUT2D eigenvalue weighted by Gasteiger charge is 2.16. The van der Waals surface area contributed by atoms with Crippen LogP contribution in [0.1, 0.15) is 4.88 Å². The van der Waals surface area contributed by atoms with Gasteiger partial charge >= 0.3 is 0 Å². The van der Waals surface area contributed by atoms with Crippen LogP contribution in [0.15, 0.2) is 34.5 Å². The van der Waals surface area contributed by atoms with Crippen LogP contribution in [-0.2, 0) is 16.6 Å². The van der Waals surface area contributed by atoms with Gasteiger partial charge in [-0.2, -0.15) is 0 Å². The van der Waals surface area contributed by atoms with Crippen molar-refractivity contribution in [1.82, 2.24) is 0 Å². The van der Waals surface area contributed by atoms with E-state index in [9.17, 15) is 12.8 Å². The number of rotatable bonds is 4. The summed E-state index contributed by atoms with van der Waals surface area (Å²) in [6.07, 6.45) is 0. The molecular formula is C11H10ClFN2O2S2. The zero-order valence-electron chi connectivity index (χ0n) is 9.56. The second-order valence-electron chi connectivity index (χ2n) is 3.72. The number of thiophene rings is 1. The van der Waals surface area contributed by atoms with E-state index < -0.39 is 15.8 Å². The van der Waals surface area contributed by atoms with Crippen LogP contribution in [0, 0.1) is 5.82 Å². The lowest BCUT2D eigenvalue weighted by atomic mass is 10.3. The second kappa shape index (κ2) is 5.46. The summed E-state index contributed by atoms with van der Waals surface area (Å²) >= 11 is 6.91. The van der Waals surface area contributed by atoms with Crippen LogP contribution in [0.3, 0.4) is 0 Å². The summed E-state index contributed by atoms with van der Waals surface area (Å²) in [7, 11) is -3.76. The Labute approximate surface area is 119 Å². The average molecular weight is 321 g/mol. The van der Waals surface area contributed by atoms with Gasteiger partial charge in [0.05, 0.1) is 10.6 Å². The minimum atomic E-state index is -3.76. The molecule has 2 aromatic rings. The molecular weight excluding hydrogens is 311 g/mol. The molecule has 0 atom stereocenters. The van der Waals surface area contributed by atoms with E-state index in [1.807, 2.05) is 0 Å². The monoisotopic (exact) mass is 320 g/mol. The molecule has 8 heteroatoms. The molecule has 0 spiro atoms. The Bertz CT molecular complexity index is 680. The molecule has 1 heterocycles. The lowest BCUT2D eigenvalue weighted by Gasteiger charge is -2.07. The molecule has 0 unspecified atom stereocenters. The van der Waals surface area contributed by atoms with E-state index in [1.54, 1.807) is 0 Å². The highest BCUT2D eigenvalue weighted by Crippen LogP contribution is 2.24. The van der Waals surface area contributed by atoms with Crippen LogP contribution in [-0.4, -0.2) is 8.42 Å². The summed E-state index contributed by atoms with van der Waals surface area (Å²) in [4.78, 5) is 0.844. The van der Waals surface area contributed by atoms with Gasteiger partial charge in [0.2, 0.25) is 0 Å². The Kier molecular flexibility index (Phi) is 4.10. The molecule has 0 bridgehead atoms. The molecule has 4 nitrogen and oxygen atoms in total. The number of nitrogens with two attached hydrogens (primary N) is 1. The molecule has 102 valence electrons. The Morgan fingerprint density at radius 1 is 1.32 bits per heavy atom. The first-order valence-electron chi connectivity index (χ1n) is 5.17. The molecule has 0 aliphatic heterocycles. The maximum Gasteiger partial charge on any atom is 0.262 e. The first kappa shape index (κ1) is 14.3. The van der Waals surface area contributed by atoms with Gasteiger partial charge in [-0.1, -0.05) is 11.6 Å². The van der Waals surface area contributed by atoms with Crippen molar-refractivity contribution >= 4 is 38.6 Å². The molecule has 0 fully saturated rings. The molecule has 2 rings (SSSR count). The number of sulfonamides is 1. The highest BCUT2D eigenvalue weighted by molar-refractivity contribution is 7.92. The van der Waals surface area contributed by atoms with Crippen LogP contribution in [0.2, 0.25) is 5.02 Å². The van der Waals surface area contributed by atoms with Gasteiger partial charge in [-0.15, -0.1) is 11.3 Å². The number of anilines is 1. The molecule has 0 saturated heterocycles. The van der Waals surface area contributed by atoms with Gasteiger partial charge in [0.15, 0.2) is 0 Å². The van der Waals surface area contributed by atoms with Gasteiger partial charge in [0.25, 0.3) is 10.0 Å². The number of halogens is 2. The van der Waals surface area contributed by atoms with Gasteiger partial charge in [-0.3, -0.25) is 4.72 Å². The van der Waals surface area contributed by atoms with Crippen LogP contribution in [0.4, 0.5) is 10.1 Å². The molecule has 1 aromatic heterocycles. The van der Waals surface area contributed by atoms with Gasteiger partial charge in [-0.25, -0.2) is 12.8 Å². The topological polar surface area (TPSA) is 72.2 Å². The minimum Gasteiger partial charge on any atom is -0.326 e. The molecule has 3 N–H and O–H groups in total. The summed E-state index contributed by atoms with van der Waals surface area (Å²) < 4.78 is 39.5. The molecule has 0 radical (unpaired) electrons. The number of benzene rings is 1. The summed E-state index contributed by atoms with van der Waals surface area (Å²) in [5.41, 5.74) is 5.50. The fourth-order valence-corrected chi connectivity index (χ4v) is 3.85. The molecule has 0 aliphatic rings.